The topological polar surface area (TPSA) is 55.4 Å². The predicted octanol–water partition coefficient (Wildman–Crippen LogP) is 1.03. The van der Waals surface area contributed by atoms with Gasteiger partial charge in [0.05, 0.1) is 30.8 Å². The van der Waals surface area contributed by atoms with E-state index in [2.05, 4.69) is 17.4 Å². The molecule has 2 unspecified atom stereocenters. The molecule has 0 radical (unpaired) electrons. The average molecular weight is 267 g/mol. The third-order valence-corrected chi connectivity index (χ3v) is 5.41. The zero-order valence-electron chi connectivity index (χ0n) is 10.1. The van der Waals surface area contributed by atoms with Gasteiger partial charge in [-0.25, -0.2) is 8.42 Å². The maximum absolute atomic E-state index is 11.5. The fraction of sp³-hybridized carbons (Fsp3) is 0.538. The maximum atomic E-state index is 11.5. The summed E-state index contributed by atoms with van der Waals surface area (Å²) in [4.78, 5) is 0. The lowest BCUT2D eigenvalue weighted by Crippen LogP contribution is -2.38. The molecule has 2 atom stereocenters. The lowest BCUT2D eigenvalue weighted by atomic mass is 9.98. The molecule has 0 aromatic heterocycles. The molecule has 1 fully saturated rings. The summed E-state index contributed by atoms with van der Waals surface area (Å²) in [7, 11) is -2.83. The Morgan fingerprint density at radius 2 is 2.11 bits per heavy atom. The molecule has 0 bridgehead atoms. The van der Waals surface area contributed by atoms with Crippen molar-refractivity contribution in [2.45, 2.75) is 25.1 Å². The van der Waals surface area contributed by atoms with Crippen LogP contribution in [-0.2, 0) is 21.2 Å². The van der Waals surface area contributed by atoms with Crippen LogP contribution in [0.1, 0.15) is 23.6 Å². The van der Waals surface area contributed by atoms with Crippen LogP contribution in [0.15, 0.2) is 24.3 Å². The van der Waals surface area contributed by atoms with E-state index in [1.165, 1.54) is 11.1 Å². The van der Waals surface area contributed by atoms with E-state index >= 15 is 0 Å². The summed E-state index contributed by atoms with van der Waals surface area (Å²) in [6.07, 6.45) is 0.709. The van der Waals surface area contributed by atoms with Gasteiger partial charge < -0.3 is 10.1 Å². The van der Waals surface area contributed by atoms with Crippen molar-refractivity contribution in [1.29, 1.82) is 0 Å². The molecule has 2 aliphatic heterocycles. The standard InChI is InChI=1S/C13H17NO3S/c15-18(16)6-5-11(9-18)14-13-8-17-7-10-3-1-2-4-12(10)13/h1-4,11,13-14H,5-9H2. The second-order valence-electron chi connectivity index (χ2n) is 5.03. The van der Waals surface area contributed by atoms with Gasteiger partial charge in [0.1, 0.15) is 0 Å². The van der Waals surface area contributed by atoms with Crippen molar-refractivity contribution in [2.24, 2.45) is 0 Å². The summed E-state index contributed by atoms with van der Waals surface area (Å²) < 4.78 is 28.5. The summed E-state index contributed by atoms with van der Waals surface area (Å²) in [6.45, 7) is 1.27. The van der Waals surface area contributed by atoms with E-state index in [0.717, 1.165) is 0 Å². The van der Waals surface area contributed by atoms with Crippen LogP contribution in [0.5, 0.6) is 0 Å². The van der Waals surface area contributed by atoms with Gasteiger partial charge in [0.15, 0.2) is 9.84 Å². The molecule has 98 valence electrons. The molecule has 0 amide bonds. The Hall–Kier alpha value is -0.910. The Labute approximate surface area is 107 Å². The van der Waals surface area contributed by atoms with Crippen molar-refractivity contribution in [1.82, 2.24) is 5.32 Å². The van der Waals surface area contributed by atoms with Crippen LogP contribution in [0, 0.1) is 0 Å². The molecule has 0 spiro atoms. The molecule has 18 heavy (non-hydrogen) atoms. The molecule has 0 saturated carbocycles. The van der Waals surface area contributed by atoms with Gasteiger partial charge >= 0.3 is 0 Å². The minimum atomic E-state index is -2.83. The van der Waals surface area contributed by atoms with E-state index in [4.69, 9.17) is 4.74 Å². The number of nitrogens with one attached hydrogen (secondary N) is 1. The van der Waals surface area contributed by atoms with Crippen LogP contribution in [0.2, 0.25) is 0 Å². The maximum Gasteiger partial charge on any atom is 0.151 e. The zero-order chi connectivity index (χ0) is 12.6. The van der Waals surface area contributed by atoms with Crippen LogP contribution in [0.3, 0.4) is 0 Å². The Kier molecular flexibility index (Phi) is 3.13. The van der Waals surface area contributed by atoms with Gasteiger partial charge in [-0.05, 0) is 17.5 Å². The minimum absolute atomic E-state index is 0.0646. The number of hydrogen-bond acceptors (Lipinski definition) is 4. The monoisotopic (exact) mass is 267 g/mol. The van der Waals surface area contributed by atoms with Crippen molar-refractivity contribution in [3.05, 3.63) is 35.4 Å². The molecular formula is C13H17NO3S. The highest BCUT2D eigenvalue weighted by molar-refractivity contribution is 7.91. The lowest BCUT2D eigenvalue weighted by molar-refractivity contribution is 0.0793. The van der Waals surface area contributed by atoms with E-state index in [0.29, 0.717) is 25.4 Å². The highest BCUT2D eigenvalue weighted by atomic mass is 32.2. The van der Waals surface area contributed by atoms with Crippen molar-refractivity contribution >= 4 is 9.84 Å². The summed E-state index contributed by atoms with van der Waals surface area (Å²) in [5, 5.41) is 3.43. The SMILES string of the molecule is O=S1(=O)CCC(NC2COCc3ccccc32)C1. The fourth-order valence-electron chi connectivity index (χ4n) is 2.73. The minimum Gasteiger partial charge on any atom is -0.375 e. The third kappa shape index (κ3) is 2.43. The first-order valence-corrected chi connectivity index (χ1v) is 8.08. The fourth-order valence-corrected chi connectivity index (χ4v) is 4.42. The molecule has 1 saturated heterocycles. The predicted molar refractivity (Wildman–Crippen MR) is 69.0 cm³/mol. The summed E-state index contributed by atoms with van der Waals surface area (Å²) >= 11 is 0. The second kappa shape index (κ2) is 4.64. The van der Waals surface area contributed by atoms with Gasteiger partial charge in [-0.1, -0.05) is 24.3 Å². The largest absolute Gasteiger partial charge is 0.375 e. The number of ether oxygens (including phenoxy) is 1. The molecule has 4 nitrogen and oxygen atoms in total. The molecule has 2 aliphatic rings. The third-order valence-electron chi connectivity index (χ3n) is 3.64. The van der Waals surface area contributed by atoms with E-state index < -0.39 is 9.84 Å². The van der Waals surface area contributed by atoms with Crippen molar-refractivity contribution in [3.63, 3.8) is 0 Å². The normalized spacial score (nSPS) is 30.0. The number of fused-ring (bicyclic) bond motifs is 1. The number of hydrogen-bond donors (Lipinski definition) is 1. The molecule has 1 N–H and O–H groups in total. The van der Waals surface area contributed by atoms with Gasteiger partial charge in [-0.3, -0.25) is 0 Å². The highest BCUT2D eigenvalue weighted by Crippen LogP contribution is 2.26. The van der Waals surface area contributed by atoms with E-state index in [9.17, 15) is 8.42 Å². The Balaban J connectivity index is 1.75. The van der Waals surface area contributed by atoms with Gasteiger partial charge in [0, 0.05) is 6.04 Å². The molecule has 5 heteroatoms. The molecule has 3 rings (SSSR count). The average Bonchev–Trinajstić information content (AvgIpc) is 2.69. The molecule has 1 aromatic rings. The number of benzene rings is 1. The van der Waals surface area contributed by atoms with Gasteiger partial charge in [0.25, 0.3) is 0 Å². The van der Waals surface area contributed by atoms with Gasteiger partial charge in [-0.15, -0.1) is 0 Å². The zero-order valence-corrected chi connectivity index (χ0v) is 10.9. The summed E-state index contributed by atoms with van der Waals surface area (Å²) in [5.41, 5.74) is 2.44. The first-order chi connectivity index (χ1) is 8.64. The first-order valence-electron chi connectivity index (χ1n) is 6.26. The Morgan fingerprint density at radius 3 is 2.89 bits per heavy atom. The lowest BCUT2D eigenvalue weighted by Gasteiger charge is -2.28. The van der Waals surface area contributed by atoms with Crippen molar-refractivity contribution in [3.8, 4) is 0 Å². The van der Waals surface area contributed by atoms with Crippen LogP contribution in [0.25, 0.3) is 0 Å². The van der Waals surface area contributed by atoms with Crippen molar-refractivity contribution in [2.75, 3.05) is 18.1 Å². The van der Waals surface area contributed by atoms with E-state index in [1.807, 2.05) is 12.1 Å². The van der Waals surface area contributed by atoms with E-state index in [1.54, 1.807) is 0 Å². The molecule has 1 aromatic carbocycles. The van der Waals surface area contributed by atoms with Gasteiger partial charge in [0.2, 0.25) is 0 Å². The Bertz CT molecular complexity index is 541. The molecule has 2 heterocycles. The summed E-state index contributed by atoms with van der Waals surface area (Å²) in [6, 6.07) is 8.37. The first kappa shape index (κ1) is 12.1. The molecule has 0 aliphatic carbocycles. The van der Waals surface area contributed by atoms with Crippen LogP contribution < -0.4 is 5.32 Å². The highest BCUT2D eigenvalue weighted by Gasteiger charge is 2.31. The molecular weight excluding hydrogens is 250 g/mol. The van der Waals surface area contributed by atoms with Gasteiger partial charge in [-0.2, -0.15) is 0 Å². The van der Waals surface area contributed by atoms with Crippen LogP contribution in [0.4, 0.5) is 0 Å². The Morgan fingerprint density at radius 1 is 1.28 bits per heavy atom. The van der Waals surface area contributed by atoms with Crippen LogP contribution in [-0.4, -0.2) is 32.6 Å². The summed E-state index contributed by atoms with van der Waals surface area (Å²) in [5.74, 6) is 0.561. The number of rotatable bonds is 2. The van der Waals surface area contributed by atoms with E-state index in [-0.39, 0.29) is 17.8 Å². The smallest absolute Gasteiger partial charge is 0.151 e. The van der Waals surface area contributed by atoms with Crippen molar-refractivity contribution < 1.29 is 13.2 Å². The second-order valence-corrected chi connectivity index (χ2v) is 7.26. The number of sulfone groups is 1. The quantitative estimate of drug-likeness (QED) is 0.869. The van der Waals surface area contributed by atoms with Crippen LogP contribution >= 0.6 is 0 Å².